The van der Waals surface area contributed by atoms with Crippen molar-refractivity contribution in [3.63, 3.8) is 0 Å². The summed E-state index contributed by atoms with van der Waals surface area (Å²) in [5.74, 6) is 1.24. The predicted molar refractivity (Wildman–Crippen MR) is 146 cm³/mol. The summed E-state index contributed by atoms with van der Waals surface area (Å²) in [6.07, 6.45) is 1.59. The summed E-state index contributed by atoms with van der Waals surface area (Å²) in [5.41, 5.74) is 3.03. The summed E-state index contributed by atoms with van der Waals surface area (Å²) >= 11 is 0. The Hall–Kier alpha value is -4.54. The highest BCUT2D eigenvalue weighted by Crippen LogP contribution is 2.27. The van der Waals surface area contributed by atoms with Gasteiger partial charge in [-0.1, -0.05) is 0 Å². The Kier molecular flexibility index (Phi) is 6.90. The van der Waals surface area contributed by atoms with Crippen LogP contribution in [0.15, 0.2) is 48.8 Å². The molecule has 0 unspecified atom stereocenters. The number of Topliss-reactive ketones (excluding diaryl/α,β-unsaturated/α-hetero) is 1. The molecule has 39 heavy (non-hydrogen) atoms. The Morgan fingerprint density at radius 3 is 2.62 bits per heavy atom. The summed E-state index contributed by atoms with van der Waals surface area (Å²) in [7, 11) is 0. The number of imidazole rings is 1. The molecule has 3 aromatic heterocycles. The number of amides is 1. The standard InChI is InChI=1S/C28H31N7O4/c1-17-6-10-24(33-32-17)30-19-7-9-22-23(14-19)35(16-29-22)25-11-8-21(18(2)36)26(31-25)38-20-12-13-34(15-20)27(37)39-28(3,4)5/h6-11,14,16,20H,12-13,15H2,1-5H3,(H,30,33)/t20-/m0/s1. The van der Waals surface area contributed by atoms with E-state index in [4.69, 9.17) is 14.5 Å². The van der Waals surface area contributed by atoms with E-state index in [1.807, 2.05) is 62.6 Å². The molecule has 1 saturated heterocycles. The summed E-state index contributed by atoms with van der Waals surface area (Å²) in [6, 6.07) is 13.0. The molecule has 11 nitrogen and oxygen atoms in total. The molecule has 1 atom stereocenters. The van der Waals surface area contributed by atoms with Crippen LogP contribution < -0.4 is 10.1 Å². The number of carbonyl (C=O) groups excluding carboxylic acids is 2. The molecule has 0 spiro atoms. The van der Waals surface area contributed by atoms with Crippen LogP contribution in [-0.2, 0) is 4.74 Å². The van der Waals surface area contributed by atoms with Crippen LogP contribution in [0.5, 0.6) is 5.88 Å². The van der Waals surface area contributed by atoms with Crippen LogP contribution in [0.1, 0.15) is 50.2 Å². The number of hydrogen-bond donors (Lipinski definition) is 1. The first-order valence-corrected chi connectivity index (χ1v) is 12.8. The summed E-state index contributed by atoms with van der Waals surface area (Å²) < 4.78 is 13.5. The maximum atomic E-state index is 12.5. The number of likely N-dealkylation sites (tertiary alicyclic amines) is 1. The molecule has 0 radical (unpaired) electrons. The lowest BCUT2D eigenvalue weighted by atomic mass is 10.2. The van der Waals surface area contributed by atoms with Crippen molar-refractivity contribution < 1.29 is 19.1 Å². The molecule has 1 amide bonds. The topological polar surface area (TPSA) is 124 Å². The van der Waals surface area contributed by atoms with Crippen LogP contribution in [-0.4, -0.2) is 66.3 Å². The minimum Gasteiger partial charge on any atom is -0.472 e. The maximum absolute atomic E-state index is 12.5. The third-order valence-electron chi connectivity index (χ3n) is 6.16. The average Bonchev–Trinajstić information content (AvgIpc) is 3.51. The van der Waals surface area contributed by atoms with Gasteiger partial charge in [-0.25, -0.2) is 9.78 Å². The highest BCUT2D eigenvalue weighted by Gasteiger charge is 2.32. The Labute approximate surface area is 226 Å². The zero-order valence-corrected chi connectivity index (χ0v) is 22.6. The second-order valence-corrected chi connectivity index (χ2v) is 10.5. The van der Waals surface area contributed by atoms with Crippen molar-refractivity contribution in [2.45, 2.75) is 52.7 Å². The lowest BCUT2D eigenvalue weighted by Crippen LogP contribution is -2.36. The number of aromatic nitrogens is 5. The van der Waals surface area contributed by atoms with E-state index >= 15 is 0 Å². The number of rotatable bonds is 6. The third kappa shape index (κ3) is 5.97. The van der Waals surface area contributed by atoms with Gasteiger partial charge in [0.2, 0.25) is 5.88 Å². The van der Waals surface area contributed by atoms with Gasteiger partial charge in [-0.3, -0.25) is 9.36 Å². The number of hydrogen-bond acceptors (Lipinski definition) is 9. The van der Waals surface area contributed by atoms with Crippen molar-refractivity contribution in [2.24, 2.45) is 0 Å². The van der Waals surface area contributed by atoms with Crippen molar-refractivity contribution in [1.29, 1.82) is 0 Å². The molecular weight excluding hydrogens is 498 g/mol. The van der Waals surface area contributed by atoms with Crippen LogP contribution in [0.4, 0.5) is 16.3 Å². The van der Waals surface area contributed by atoms with Gasteiger partial charge in [-0.2, -0.15) is 10.1 Å². The molecule has 1 N–H and O–H groups in total. The second-order valence-electron chi connectivity index (χ2n) is 10.5. The number of benzene rings is 1. The second kappa shape index (κ2) is 10.3. The monoisotopic (exact) mass is 529 g/mol. The average molecular weight is 530 g/mol. The SMILES string of the molecule is CC(=O)c1ccc(-n2cnc3ccc(Nc4ccc(C)nn4)cc32)nc1O[C@H]1CCN(C(=O)OC(C)(C)C)C1. The molecular formula is C28H31N7O4. The number of ether oxygens (including phenoxy) is 2. The molecule has 0 saturated carbocycles. The molecule has 0 bridgehead atoms. The fourth-order valence-corrected chi connectivity index (χ4v) is 4.28. The van der Waals surface area contributed by atoms with Gasteiger partial charge in [0.05, 0.1) is 28.8 Å². The molecule has 4 heterocycles. The summed E-state index contributed by atoms with van der Waals surface area (Å²) in [6.45, 7) is 9.71. The normalized spacial score (nSPS) is 15.4. The molecule has 1 aliphatic heterocycles. The van der Waals surface area contributed by atoms with E-state index in [9.17, 15) is 9.59 Å². The Balaban J connectivity index is 1.40. The van der Waals surface area contributed by atoms with Crippen molar-refractivity contribution >= 4 is 34.4 Å². The zero-order chi connectivity index (χ0) is 27.7. The molecule has 1 aliphatic rings. The minimum absolute atomic E-state index is 0.160. The number of ketones is 1. The van der Waals surface area contributed by atoms with Crippen LogP contribution >= 0.6 is 0 Å². The first-order chi connectivity index (χ1) is 18.6. The molecule has 1 fully saturated rings. The van der Waals surface area contributed by atoms with Gasteiger partial charge in [0, 0.05) is 18.7 Å². The van der Waals surface area contributed by atoms with E-state index in [0.717, 1.165) is 22.4 Å². The van der Waals surface area contributed by atoms with Crippen molar-refractivity contribution in [3.05, 3.63) is 60.0 Å². The van der Waals surface area contributed by atoms with Crippen LogP contribution in [0, 0.1) is 6.92 Å². The van der Waals surface area contributed by atoms with Crippen molar-refractivity contribution in [1.82, 2.24) is 29.6 Å². The Morgan fingerprint density at radius 2 is 1.90 bits per heavy atom. The zero-order valence-electron chi connectivity index (χ0n) is 22.6. The summed E-state index contributed by atoms with van der Waals surface area (Å²) in [5, 5.41) is 11.5. The fraction of sp³-hybridized carbons (Fsp3) is 0.357. The summed E-state index contributed by atoms with van der Waals surface area (Å²) in [4.78, 5) is 35.7. The van der Waals surface area contributed by atoms with Crippen LogP contribution in [0.3, 0.4) is 0 Å². The Bertz CT molecular complexity index is 1530. The number of anilines is 2. The van der Waals surface area contributed by atoms with Gasteiger partial charge in [-0.15, -0.1) is 5.10 Å². The number of nitrogens with one attached hydrogen (secondary N) is 1. The molecule has 4 aromatic rings. The lowest BCUT2D eigenvalue weighted by Gasteiger charge is -2.24. The van der Waals surface area contributed by atoms with Crippen LogP contribution in [0.2, 0.25) is 0 Å². The van der Waals surface area contributed by atoms with E-state index in [1.165, 1.54) is 6.92 Å². The van der Waals surface area contributed by atoms with Crippen LogP contribution in [0.25, 0.3) is 16.9 Å². The predicted octanol–water partition coefficient (Wildman–Crippen LogP) is 4.85. The lowest BCUT2D eigenvalue weighted by molar-refractivity contribution is 0.0274. The molecule has 1 aromatic carbocycles. The molecule has 0 aliphatic carbocycles. The van der Waals surface area contributed by atoms with E-state index in [-0.39, 0.29) is 23.9 Å². The number of pyridine rings is 1. The fourth-order valence-electron chi connectivity index (χ4n) is 4.28. The largest absolute Gasteiger partial charge is 0.472 e. The number of carbonyl (C=O) groups is 2. The van der Waals surface area contributed by atoms with E-state index < -0.39 is 5.60 Å². The van der Waals surface area contributed by atoms with Gasteiger partial charge >= 0.3 is 6.09 Å². The molecule has 11 heteroatoms. The number of nitrogens with zero attached hydrogens (tertiary/aromatic N) is 6. The van der Waals surface area contributed by atoms with Crippen molar-refractivity contribution in [2.75, 3.05) is 18.4 Å². The Morgan fingerprint density at radius 1 is 1.08 bits per heavy atom. The minimum atomic E-state index is -0.579. The van der Waals surface area contributed by atoms with Gasteiger partial charge in [0.15, 0.2) is 11.6 Å². The van der Waals surface area contributed by atoms with E-state index in [0.29, 0.717) is 36.7 Å². The molecule has 5 rings (SSSR count). The number of fused-ring (bicyclic) bond motifs is 1. The quantitative estimate of drug-likeness (QED) is 0.349. The van der Waals surface area contributed by atoms with Gasteiger partial charge in [-0.05, 0) is 77.1 Å². The maximum Gasteiger partial charge on any atom is 0.410 e. The van der Waals surface area contributed by atoms with Gasteiger partial charge in [0.25, 0.3) is 0 Å². The van der Waals surface area contributed by atoms with Gasteiger partial charge < -0.3 is 19.7 Å². The first-order valence-electron chi connectivity index (χ1n) is 12.8. The highest BCUT2D eigenvalue weighted by atomic mass is 16.6. The smallest absolute Gasteiger partial charge is 0.410 e. The highest BCUT2D eigenvalue weighted by molar-refractivity contribution is 5.96. The third-order valence-corrected chi connectivity index (χ3v) is 6.16. The van der Waals surface area contributed by atoms with E-state index in [2.05, 4.69) is 20.5 Å². The first kappa shape index (κ1) is 26.1. The number of aryl methyl sites for hydroxylation is 1. The van der Waals surface area contributed by atoms with Crippen molar-refractivity contribution in [3.8, 4) is 11.7 Å². The van der Waals surface area contributed by atoms with E-state index in [1.54, 1.807) is 23.4 Å². The molecule has 202 valence electrons. The van der Waals surface area contributed by atoms with Gasteiger partial charge in [0.1, 0.15) is 23.9 Å².